The van der Waals surface area contributed by atoms with Gasteiger partial charge in [0.25, 0.3) is 5.91 Å². The number of rotatable bonds is 8. The third-order valence-electron chi connectivity index (χ3n) is 5.21. The third-order valence-corrected chi connectivity index (χ3v) is 5.21. The molecule has 7 nitrogen and oxygen atoms in total. The second-order valence-electron chi connectivity index (χ2n) is 8.00. The maximum Gasteiger partial charge on any atom is 0.435 e. The molecule has 2 N–H and O–H groups in total. The fourth-order valence-electron chi connectivity index (χ4n) is 3.41. The number of halogens is 7. The number of alkyl halides is 7. The number of aryl methyl sites for hydroxylation is 1. The van der Waals surface area contributed by atoms with E-state index < -0.39 is 42.2 Å². The largest absolute Gasteiger partial charge is 0.449 e. The molecule has 0 heterocycles. The highest BCUT2D eigenvalue weighted by Gasteiger charge is 2.73. The molecule has 0 aliphatic carbocycles. The van der Waals surface area contributed by atoms with Gasteiger partial charge in [0.05, 0.1) is 24.5 Å². The van der Waals surface area contributed by atoms with Crippen molar-refractivity contribution < 1.29 is 49.8 Å². The van der Waals surface area contributed by atoms with Crippen LogP contribution < -0.4 is 10.6 Å². The number of carbonyl (C=O) groups is 2. The minimum absolute atomic E-state index is 0.0193. The topological polar surface area (TPSA) is 100 Å². The molecule has 0 saturated heterocycles. The lowest BCUT2D eigenvalue weighted by Gasteiger charge is -2.31. The first-order valence-electron chi connectivity index (χ1n) is 10.8. The number of benzene rings is 2. The summed E-state index contributed by atoms with van der Waals surface area (Å²) in [4.78, 5) is 24.8. The highest BCUT2D eigenvalue weighted by molar-refractivity contribution is 6.06. The molecule has 0 bridgehead atoms. The number of carbonyl (C=O) groups excluding carboxylic acids is 2. The number of hydrogen-bond acceptors (Lipinski definition) is 5. The van der Waals surface area contributed by atoms with Crippen LogP contribution in [0.3, 0.4) is 0 Å². The van der Waals surface area contributed by atoms with Crippen LogP contribution >= 0.6 is 0 Å². The van der Waals surface area contributed by atoms with E-state index >= 15 is 0 Å². The average molecular weight is 549 g/mol. The van der Waals surface area contributed by atoms with E-state index in [1.54, 1.807) is 6.92 Å². The summed E-state index contributed by atoms with van der Waals surface area (Å²) < 4.78 is 104. The summed E-state index contributed by atoms with van der Waals surface area (Å²) in [5.74, 6) is -0.897. The summed E-state index contributed by atoms with van der Waals surface area (Å²) in [5.41, 5.74) is -8.51. The zero-order valence-electron chi connectivity index (χ0n) is 20.2. The van der Waals surface area contributed by atoms with Gasteiger partial charge in [0.2, 0.25) is 0 Å². The van der Waals surface area contributed by atoms with Crippen LogP contribution in [0.25, 0.3) is 0 Å². The van der Waals surface area contributed by atoms with Gasteiger partial charge in [-0.3, -0.25) is 10.1 Å². The highest BCUT2D eigenvalue weighted by atomic mass is 19.4. The highest BCUT2D eigenvalue weighted by Crippen LogP contribution is 2.53. The van der Waals surface area contributed by atoms with E-state index in [2.05, 4.69) is 10.6 Å². The number of nitrogens with zero attached hydrogens (tertiary/aromatic N) is 1. The Morgan fingerprint density at radius 3 is 2.16 bits per heavy atom. The predicted molar refractivity (Wildman–Crippen MR) is 121 cm³/mol. The van der Waals surface area contributed by atoms with Crippen molar-refractivity contribution in [1.29, 1.82) is 5.26 Å². The van der Waals surface area contributed by atoms with Crippen molar-refractivity contribution in [3.63, 3.8) is 0 Å². The summed E-state index contributed by atoms with van der Waals surface area (Å²) >= 11 is 0. The van der Waals surface area contributed by atoms with Gasteiger partial charge >= 0.3 is 24.1 Å². The van der Waals surface area contributed by atoms with Crippen LogP contribution in [0.15, 0.2) is 30.3 Å². The number of methoxy groups -OCH3 is 1. The maximum atomic E-state index is 14.6. The summed E-state index contributed by atoms with van der Waals surface area (Å²) in [5, 5.41) is 13.9. The molecular formula is C24H22F7N3O4. The van der Waals surface area contributed by atoms with Gasteiger partial charge in [-0.25, -0.2) is 9.18 Å². The van der Waals surface area contributed by atoms with Crippen LogP contribution in [0, 0.1) is 18.3 Å². The Bertz CT molecular complexity index is 1220. The summed E-state index contributed by atoms with van der Waals surface area (Å²) in [7, 11) is 1.10. The molecule has 206 valence electrons. The monoisotopic (exact) mass is 549 g/mol. The van der Waals surface area contributed by atoms with E-state index in [0.717, 1.165) is 20.1 Å². The first kappa shape index (κ1) is 30.4. The minimum atomic E-state index is -6.32. The van der Waals surface area contributed by atoms with Gasteiger partial charge in [0, 0.05) is 29.5 Å². The maximum absolute atomic E-state index is 14.6. The van der Waals surface area contributed by atoms with Crippen LogP contribution in [-0.4, -0.2) is 38.1 Å². The Morgan fingerprint density at radius 1 is 1.00 bits per heavy atom. The van der Waals surface area contributed by atoms with E-state index in [9.17, 15) is 45.6 Å². The molecule has 2 amide bonds. The van der Waals surface area contributed by atoms with E-state index in [1.807, 2.05) is 6.07 Å². The number of amides is 2. The van der Waals surface area contributed by atoms with E-state index in [-0.39, 0.29) is 40.2 Å². The Morgan fingerprint density at radius 2 is 1.63 bits per heavy atom. The molecule has 14 heteroatoms. The zero-order valence-corrected chi connectivity index (χ0v) is 20.2. The van der Waals surface area contributed by atoms with Gasteiger partial charge in [-0.2, -0.15) is 31.6 Å². The molecule has 0 fully saturated rings. The van der Waals surface area contributed by atoms with Crippen LogP contribution in [0.2, 0.25) is 0 Å². The van der Waals surface area contributed by atoms with E-state index in [1.165, 1.54) is 12.1 Å². The molecule has 2 rings (SSSR count). The number of nitrogens with one attached hydrogen (secondary N) is 2. The lowest BCUT2D eigenvalue weighted by atomic mass is 9.90. The van der Waals surface area contributed by atoms with Gasteiger partial charge in [0.1, 0.15) is 6.07 Å². The second kappa shape index (κ2) is 11.7. The van der Waals surface area contributed by atoms with Crippen molar-refractivity contribution in [2.24, 2.45) is 0 Å². The first-order valence-corrected chi connectivity index (χ1v) is 10.8. The molecule has 38 heavy (non-hydrogen) atoms. The number of nitriles is 1. The minimum Gasteiger partial charge on any atom is -0.449 e. The predicted octanol–water partition coefficient (Wildman–Crippen LogP) is 6.51. The molecule has 0 aromatic heterocycles. The van der Waals surface area contributed by atoms with Gasteiger partial charge in [-0.05, 0) is 43.2 Å². The third kappa shape index (κ3) is 6.34. The van der Waals surface area contributed by atoms with Crippen molar-refractivity contribution in [3.8, 4) is 6.07 Å². The van der Waals surface area contributed by atoms with Crippen LogP contribution in [-0.2, 0) is 21.7 Å². The van der Waals surface area contributed by atoms with Crippen LogP contribution in [0.5, 0.6) is 0 Å². The first-order chi connectivity index (χ1) is 17.6. The summed E-state index contributed by atoms with van der Waals surface area (Å²) in [6.07, 6.45) is -13.0. The molecule has 0 saturated carbocycles. The Hall–Kier alpha value is -3.86. The summed E-state index contributed by atoms with van der Waals surface area (Å²) in [6, 6.07) is 6.01. The van der Waals surface area contributed by atoms with Gasteiger partial charge in [0.15, 0.2) is 0 Å². The number of anilines is 2. The fourth-order valence-corrected chi connectivity index (χ4v) is 3.41. The van der Waals surface area contributed by atoms with Crippen molar-refractivity contribution in [2.45, 2.75) is 44.9 Å². The normalized spacial score (nSPS) is 12.0. The SMILES string of the molecule is CCCOC(=O)Nc1cc(C(=O)Nc2c(C)cc(C(F)(C(F)(F)F)C(F)(F)F)cc2COC)ccc1C#N. The number of ether oxygens (including phenoxy) is 2. The average Bonchev–Trinajstić information content (AvgIpc) is 2.82. The molecule has 0 radical (unpaired) electrons. The van der Waals surface area contributed by atoms with Crippen LogP contribution in [0.1, 0.15) is 46.0 Å². The molecule has 0 unspecified atom stereocenters. The standard InChI is InChI=1S/C24H22F7N3O4/c1-4-7-38-21(36)33-18-10-14(5-6-15(18)11-32)20(35)34-19-13(2)8-17(9-16(19)12-37-3)22(25,23(26,27)28)24(29,30)31/h5-6,8-10H,4,7,12H2,1-3H3,(H,33,36)(H,34,35). The molecular weight excluding hydrogens is 527 g/mol. The van der Waals surface area contributed by atoms with E-state index in [4.69, 9.17) is 9.47 Å². The lowest BCUT2D eigenvalue weighted by Crippen LogP contribution is -2.50. The second-order valence-corrected chi connectivity index (χ2v) is 8.00. The molecule has 0 atom stereocenters. The zero-order chi connectivity index (χ0) is 28.9. The van der Waals surface area contributed by atoms with Crippen molar-refractivity contribution in [1.82, 2.24) is 0 Å². The molecule has 0 aliphatic rings. The van der Waals surface area contributed by atoms with E-state index in [0.29, 0.717) is 18.6 Å². The molecule has 0 spiro atoms. The molecule has 2 aromatic carbocycles. The molecule has 2 aromatic rings. The van der Waals surface area contributed by atoms with Crippen molar-refractivity contribution in [2.75, 3.05) is 24.4 Å². The lowest BCUT2D eigenvalue weighted by molar-refractivity contribution is -0.348. The number of hydrogen-bond donors (Lipinski definition) is 2. The van der Waals surface area contributed by atoms with Gasteiger partial charge < -0.3 is 14.8 Å². The molecule has 0 aliphatic heterocycles. The van der Waals surface area contributed by atoms with Gasteiger partial charge in [-0.15, -0.1) is 0 Å². The van der Waals surface area contributed by atoms with Crippen molar-refractivity contribution >= 4 is 23.4 Å². The Balaban J connectivity index is 2.51. The van der Waals surface area contributed by atoms with Gasteiger partial charge in [-0.1, -0.05) is 13.0 Å². The fraction of sp³-hybridized carbons (Fsp3) is 0.375. The summed E-state index contributed by atoms with van der Waals surface area (Å²) in [6.45, 7) is 2.36. The quantitative estimate of drug-likeness (QED) is 0.366. The Labute approximate surface area is 212 Å². The smallest absolute Gasteiger partial charge is 0.435 e. The Kier molecular flexibility index (Phi) is 9.33. The van der Waals surface area contributed by atoms with Crippen molar-refractivity contribution in [3.05, 3.63) is 58.1 Å². The van der Waals surface area contributed by atoms with Crippen LogP contribution in [0.4, 0.5) is 46.9 Å².